The van der Waals surface area contributed by atoms with Crippen molar-refractivity contribution in [3.05, 3.63) is 85.5 Å². The monoisotopic (exact) mass is 369 g/mol. The SMILES string of the molecule is Cc1cc(C)c(C#CC2=C(C#Cc3ccc([N+](=O)[O-])cc3)CCCC2)c(C)c1. The van der Waals surface area contributed by atoms with Gasteiger partial charge in [-0.2, -0.15) is 0 Å². The molecule has 28 heavy (non-hydrogen) atoms. The molecule has 0 saturated heterocycles. The summed E-state index contributed by atoms with van der Waals surface area (Å²) in [6.45, 7) is 6.32. The smallest absolute Gasteiger partial charge is 0.258 e. The molecule has 140 valence electrons. The Balaban J connectivity index is 1.91. The number of nitro benzene ring substituents is 1. The van der Waals surface area contributed by atoms with Crippen molar-refractivity contribution in [1.82, 2.24) is 0 Å². The maximum Gasteiger partial charge on any atom is 0.269 e. The van der Waals surface area contributed by atoms with E-state index in [9.17, 15) is 10.1 Å². The third-order valence-corrected chi connectivity index (χ3v) is 4.92. The molecule has 2 aromatic rings. The van der Waals surface area contributed by atoms with Crippen molar-refractivity contribution in [3.8, 4) is 23.7 Å². The van der Waals surface area contributed by atoms with Crippen LogP contribution in [0.3, 0.4) is 0 Å². The molecule has 3 rings (SSSR count). The average molecular weight is 369 g/mol. The van der Waals surface area contributed by atoms with E-state index >= 15 is 0 Å². The second kappa shape index (κ2) is 8.59. The van der Waals surface area contributed by atoms with Crippen LogP contribution in [0.15, 0.2) is 47.5 Å². The maximum absolute atomic E-state index is 10.8. The molecule has 0 aliphatic heterocycles. The van der Waals surface area contributed by atoms with E-state index in [4.69, 9.17) is 0 Å². The number of nitro groups is 1. The first-order valence-electron chi connectivity index (χ1n) is 9.52. The second-order valence-corrected chi connectivity index (χ2v) is 7.24. The van der Waals surface area contributed by atoms with Crippen LogP contribution < -0.4 is 0 Å². The van der Waals surface area contributed by atoms with Crippen LogP contribution in [-0.2, 0) is 0 Å². The van der Waals surface area contributed by atoms with Crippen LogP contribution >= 0.6 is 0 Å². The van der Waals surface area contributed by atoms with Gasteiger partial charge in [0.05, 0.1) is 4.92 Å². The molecule has 0 bridgehead atoms. The molecule has 0 amide bonds. The van der Waals surface area contributed by atoms with Gasteiger partial charge in [0.15, 0.2) is 0 Å². The zero-order valence-corrected chi connectivity index (χ0v) is 16.6. The number of hydrogen-bond acceptors (Lipinski definition) is 2. The fraction of sp³-hybridized carbons (Fsp3) is 0.280. The third kappa shape index (κ3) is 4.70. The van der Waals surface area contributed by atoms with Crippen molar-refractivity contribution in [2.24, 2.45) is 0 Å². The number of non-ortho nitro benzene ring substituents is 1. The van der Waals surface area contributed by atoms with Gasteiger partial charge in [0.25, 0.3) is 5.69 Å². The Morgan fingerprint density at radius 3 is 1.89 bits per heavy atom. The van der Waals surface area contributed by atoms with Gasteiger partial charge in [-0.1, -0.05) is 41.4 Å². The molecule has 0 unspecified atom stereocenters. The minimum Gasteiger partial charge on any atom is -0.258 e. The standard InChI is InChI=1S/C25H23NO2/c1-18-16-19(2)25(20(3)17-18)15-12-23-7-5-4-6-22(23)11-8-21-9-13-24(14-10-21)26(27)28/h9-10,13-14,16-17H,4-7H2,1-3H3. The Kier molecular flexibility index (Phi) is 5.97. The van der Waals surface area contributed by atoms with Gasteiger partial charge in [-0.3, -0.25) is 10.1 Å². The summed E-state index contributed by atoms with van der Waals surface area (Å²) in [7, 11) is 0. The first-order chi connectivity index (χ1) is 13.4. The minimum atomic E-state index is -0.399. The highest BCUT2D eigenvalue weighted by Crippen LogP contribution is 2.24. The normalized spacial score (nSPS) is 13.2. The first kappa shape index (κ1) is 19.5. The summed E-state index contributed by atoms with van der Waals surface area (Å²) in [5, 5.41) is 10.8. The van der Waals surface area contributed by atoms with E-state index in [1.54, 1.807) is 12.1 Å². The van der Waals surface area contributed by atoms with E-state index in [1.165, 1.54) is 28.8 Å². The quantitative estimate of drug-likeness (QED) is 0.362. The van der Waals surface area contributed by atoms with E-state index < -0.39 is 4.92 Å². The molecule has 0 fully saturated rings. The first-order valence-corrected chi connectivity index (χ1v) is 9.52. The Morgan fingerprint density at radius 2 is 1.36 bits per heavy atom. The number of aryl methyl sites for hydroxylation is 3. The second-order valence-electron chi connectivity index (χ2n) is 7.24. The zero-order chi connectivity index (χ0) is 20.1. The van der Waals surface area contributed by atoms with Gasteiger partial charge < -0.3 is 0 Å². The largest absolute Gasteiger partial charge is 0.269 e. The number of benzene rings is 2. The van der Waals surface area contributed by atoms with Crippen molar-refractivity contribution in [1.29, 1.82) is 0 Å². The van der Waals surface area contributed by atoms with Crippen molar-refractivity contribution in [3.63, 3.8) is 0 Å². The third-order valence-electron chi connectivity index (χ3n) is 4.92. The highest BCUT2D eigenvalue weighted by molar-refractivity contribution is 5.54. The predicted octanol–water partition coefficient (Wildman–Crippen LogP) is 5.79. The van der Waals surface area contributed by atoms with Crippen molar-refractivity contribution >= 4 is 5.69 Å². The summed E-state index contributed by atoms with van der Waals surface area (Å²) in [6, 6.07) is 10.7. The number of allylic oxidation sites excluding steroid dienone is 2. The van der Waals surface area contributed by atoms with Gasteiger partial charge >= 0.3 is 0 Å². The lowest BCUT2D eigenvalue weighted by atomic mass is 9.91. The topological polar surface area (TPSA) is 43.1 Å². The maximum atomic E-state index is 10.8. The van der Waals surface area contributed by atoms with Crippen LogP contribution in [0.1, 0.15) is 53.5 Å². The molecular formula is C25H23NO2. The summed E-state index contributed by atoms with van der Waals surface area (Å²) >= 11 is 0. The Bertz CT molecular complexity index is 1040. The molecule has 0 heterocycles. The summed E-state index contributed by atoms with van der Waals surface area (Å²) in [5.41, 5.74) is 7.86. The minimum absolute atomic E-state index is 0.0813. The molecule has 0 aromatic heterocycles. The van der Waals surface area contributed by atoms with E-state index in [1.807, 2.05) is 0 Å². The molecule has 1 aliphatic rings. The van der Waals surface area contributed by atoms with Crippen LogP contribution in [0, 0.1) is 54.6 Å². The van der Waals surface area contributed by atoms with Gasteiger partial charge in [0, 0.05) is 34.4 Å². The van der Waals surface area contributed by atoms with Crippen LogP contribution in [-0.4, -0.2) is 4.92 Å². The highest BCUT2D eigenvalue weighted by atomic mass is 16.6. The number of hydrogen-bond donors (Lipinski definition) is 0. The molecule has 0 radical (unpaired) electrons. The molecule has 3 heteroatoms. The lowest BCUT2D eigenvalue weighted by Gasteiger charge is -2.12. The van der Waals surface area contributed by atoms with Crippen molar-refractivity contribution < 1.29 is 4.92 Å². The highest BCUT2D eigenvalue weighted by Gasteiger charge is 2.10. The van der Waals surface area contributed by atoms with Crippen LogP contribution in [0.2, 0.25) is 0 Å². The van der Waals surface area contributed by atoms with E-state index in [-0.39, 0.29) is 5.69 Å². The van der Waals surface area contributed by atoms with Gasteiger partial charge in [-0.25, -0.2) is 0 Å². The fourth-order valence-corrected chi connectivity index (χ4v) is 3.51. The van der Waals surface area contributed by atoms with Crippen LogP contribution in [0.5, 0.6) is 0 Å². The molecule has 2 aromatic carbocycles. The van der Waals surface area contributed by atoms with Crippen molar-refractivity contribution in [2.75, 3.05) is 0 Å². The lowest BCUT2D eigenvalue weighted by Crippen LogP contribution is -1.97. The molecule has 0 saturated carbocycles. The lowest BCUT2D eigenvalue weighted by molar-refractivity contribution is -0.384. The summed E-state index contributed by atoms with van der Waals surface area (Å²) in [6.07, 6.45) is 4.16. The molecular weight excluding hydrogens is 346 g/mol. The summed E-state index contributed by atoms with van der Waals surface area (Å²) in [4.78, 5) is 10.4. The van der Waals surface area contributed by atoms with Crippen molar-refractivity contribution in [2.45, 2.75) is 46.5 Å². The Labute approximate surface area is 166 Å². The van der Waals surface area contributed by atoms with E-state index in [0.717, 1.165) is 48.0 Å². The summed E-state index contributed by atoms with van der Waals surface area (Å²) < 4.78 is 0. The van der Waals surface area contributed by atoms with Gasteiger partial charge in [0.1, 0.15) is 0 Å². The average Bonchev–Trinajstić information content (AvgIpc) is 2.66. The molecule has 0 spiro atoms. The molecule has 0 atom stereocenters. The summed E-state index contributed by atoms with van der Waals surface area (Å²) in [5.74, 6) is 13.2. The Morgan fingerprint density at radius 1 is 0.821 bits per heavy atom. The zero-order valence-electron chi connectivity index (χ0n) is 16.6. The fourth-order valence-electron chi connectivity index (χ4n) is 3.51. The van der Waals surface area contributed by atoms with E-state index in [2.05, 4.69) is 56.6 Å². The van der Waals surface area contributed by atoms with Gasteiger partial charge in [-0.05, 0) is 69.7 Å². The van der Waals surface area contributed by atoms with Gasteiger partial charge in [0.2, 0.25) is 0 Å². The van der Waals surface area contributed by atoms with Crippen LogP contribution in [0.4, 0.5) is 5.69 Å². The van der Waals surface area contributed by atoms with Gasteiger partial charge in [-0.15, -0.1) is 0 Å². The molecule has 0 N–H and O–H groups in total. The molecule has 1 aliphatic carbocycles. The van der Waals surface area contributed by atoms with E-state index in [0.29, 0.717) is 0 Å². The number of nitrogens with zero attached hydrogens (tertiary/aromatic N) is 1. The predicted molar refractivity (Wildman–Crippen MR) is 113 cm³/mol. The molecule has 3 nitrogen and oxygen atoms in total. The Hall–Kier alpha value is -3.30. The number of rotatable bonds is 1. The van der Waals surface area contributed by atoms with Crippen LogP contribution in [0.25, 0.3) is 0 Å².